The van der Waals surface area contributed by atoms with Crippen LogP contribution in [0.4, 0.5) is 0 Å². The second-order valence-electron chi connectivity index (χ2n) is 7.78. The molecule has 0 spiro atoms. The molecule has 138 valence electrons. The van der Waals surface area contributed by atoms with E-state index in [1.807, 2.05) is 4.90 Å². The van der Waals surface area contributed by atoms with Crippen molar-refractivity contribution in [2.24, 2.45) is 0 Å². The van der Waals surface area contributed by atoms with Crippen molar-refractivity contribution in [1.82, 2.24) is 29.7 Å². The number of amides is 1. The van der Waals surface area contributed by atoms with Gasteiger partial charge >= 0.3 is 0 Å². The number of aryl methyl sites for hydroxylation is 3. The Balaban J connectivity index is 1.16. The molecule has 8 nitrogen and oxygen atoms in total. The zero-order chi connectivity index (χ0) is 17.7. The molecule has 1 atom stereocenters. The van der Waals surface area contributed by atoms with E-state index in [0.717, 1.165) is 38.3 Å². The Morgan fingerprint density at radius 1 is 1.27 bits per heavy atom. The molecule has 1 amide bonds. The molecular weight excluding hydrogens is 332 g/mol. The van der Waals surface area contributed by atoms with Crippen LogP contribution in [-0.4, -0.2) is 61.3 Å². The van der Waals surface area contributed by atoms with E-state index in [2.05, 4.69) is 25.8 Å². The normalized spacial score (nSPS) is 24.1. The highest BCUT2D eigenvalue weighted by Gasteiger charge is 2.42. The van der Waals surface area contributed by atoms with Gasteiger partial charge < -0.3 is 9.42 Å². The minimum absolute atomic E-state index is 0.0395. The van der Waals surface area contributed by atoms with Gasteiger partial charge in [0.25, 0.3) is 0 Å². The molecule has 3 aliphatic heterocycles. The van der Waals surface area contributed by atoms with Crippen LogP contribution in [0.1, 0.15) is 48.3 Å². The second-order valence-corrected chi connectivity index (χ2v) is 7.78. The molecule has 0 aliphatic carbocycles. The van der Waals surface area contributed by atoms with E-state index in [0.29, 0.717) is 30.7 Å². The average Bonchev–Trinajstić information content (AvgIpc) is 3.28. The van der Waals surface area contributed by atoms with Gasteiger partial charge in [0.1, 0.15) is 0 Å². The van der Waals surface area contributed by atoms with Gasteiger partial charge in [-0.25, -0.2) is 0 Å². The van der Waals surface area contributed by atoms with E-state index in [-0.39, 0.29) is 11.8 Å². The highest BCUT2D eigenvalue weighted by Crippen LogP contribution is 2.31. The third-order valence-corrected chi connectivity index (χ3v) is 5.78. The molecule has 0 N–H and O–H groups in total. The van der Waals surface area contributed by atoms with Crippen molar-refractivity contribution in [2.45, 2.75) is 57.7 Å². The summed E-state index contributed by atoms with van der Waals surface area (Å²) in [6, 6.07) is 2.55. The maximum atomic E-state index is 12.4. The Bertz CT molecular complexity index is 798. The molecule has 5 rings (SSSR count). The van der Waals surface area contributed by atoms with Crippen molar-refractivity contribution in [3.05, 3.63) is 29.2 Å². The Kier molecular flexibility index (Phi) is 3.81. The first-order valence-electron chi connectivity index (χ1n) is 9.53. The van der Waals surface area contributed by atoms with Gasteiger partial charge in [-0.05, 0) is 32.3 Å². The van der Waals surface area contributed by atoms with E-state index < -0.39 is 0 Å². The summed E-state index contributed by atoms with van der Waals surface area (Å²) in [6.07, 6.45) is 4.13. The molecule has 0 radical (unpaired) electrons. The molecule has 2 fully saturated rings. The van der Waals surface area contributed by atoms with Crippen LogP contribution < -0.4 is 0 Å². The van der Waals surface area contributed by atoms with Crippen LogP contribution in [0.3, 0.4) is 0 Å². The van der Waals surface area contributed by atoms with Crippen LogP contribution in [0.15, 0.2) is 10.6 Å². The average molecular weight is 356 g/mol. The first-order chi connectivity index (χ1) is 12.7. The van der Waals surface area contributed by atoms with E-state index in [4.69, 9.17) is 9.62 Å². The highest BCUT2D eigenvalue weighted by atomic mass is 16.5. The van der Waals surface area contributed by atoms with E-state index in [9.17, 15) is 4.79 Å². The number of hydrogen-bond acceptors (Lipinski definition) is 6. The van der Waals surface area contributed by atoms with Crippen LogP contribution in [0.5, 0.6) is 0 Å². The fourth-order valence-electron chi connectivity index (χ4n) is 4.38. The van der Waals surface area contributed by atoms with E-state index in [1.54, 1.807) is 6.92 Å². The molecule has 2 saturated heterocycles. The molecule has 5 heterocycles. The van der Waals surface area contributed by atoms with Crippen LogP contribution in [0.25, 0.3) is 0 Å². The van der Waals surface area contributed by atoms with Gasteiger partial charge in [-0.1, -0.05) is 5.16 Å². The van der Waals surface area contributed by atoms with E-state index in [1.165, 1.54) is 18.5 Å². The summed E-state index contributed by atoms with van der Waals surface area (Å²) < 4.78 is 7.42. The number of likely N-dealkylation sites (tertiary alicyclic amines) is 2. The zero-order valence-electron chi connectivity index (χ0n) is 15.1. The Morgan fingerprint density at radius 3 is 2.92 bits per heavy atom. The van der Waals surface area contributed by atoms with Crippen molar-refractivity contribution >= 4 is 5.91 Å². The fourth-order valence-corrected chi connectivity index (χ4v) is 4.38. The minimum atomic E-state index is 0.0395. The molecule has 26 heavy (non-hydrogen) atoms. The largest absolute Gasteiger partial charge is 0.339 e. The summed E-state index contributed by atoms with van der Waals surface area (Å²) in [5, 5.41) is 8.57. The van der Waals surface area contributed by atoms with E-state index >= 15 is 0 Å². The van der Waals surface area contributed by atoms with Crippen LogP contribution in [-0.2, 0) is 24.3 Å². The molecule has 2 aromatic rings. The van der Waals surface area contributed by atoms with Gasteiger partial charge in [-0.3, -0.25) is 14.4 Å². The van der Waals surface area contributed by atoms with Gasteiger partial charge in [-0.15, -0.1) is 0 Å². The summed E-state index contributed by atoms with van der Waals surface area (Å²) >= 11 is 0. The first kappa shape index (κ1) is 16.0. The highest BCUT2D eigenvalue weighted by molar-refractivity contribution is 5.80. The lowest BCUT2D eigenvalue weighted by molar-refractivity contribution is -0.133. The number of carbonyl (C=O) groups excluding carboxylic acids is 1. The van der Waals surface area contributed by atoms with Crippen molar-refractivity contribution in [2.75, 3.05) is 19.6 Å². The molecule has 8 heteroatoms. The summed E-state index contributed by atoms with van der Waals surface area (Å²) in [5.41, 5.74) is 2.53. The SMILES string of the molecule is Cc1noc(C2CC(=O)N(C3CN(Cc4cc5n(n4)CCCC5)C3)C2)n1. The van der Waals surface area contributed by atoms with Crippen molar-refractivity contribution in [3.8, 4) is 0 Å². The van der Waals surface area contributed by atoms with Gasteiger partial charge in [0, 0.05) is 44.8 Å². The summed E-state index contributed by atoms with van der Waals surface area (Å²) in [6.45, 7) is 6.27. The number of fused-ring (bicyclic) bond motifs is 1. The Hall–Kier alpha value is -2.22. The van der Waals surface area contributed by atoms with Gasteiger partial charge in [0.15, 0.2) is 5.82 Å². The topological polar surface area (TPSA) is 80.3 Å². The van der Waals surface area contributed by atoms with Crippen LogP contribution in [0.2, 0.25) is 0 Å². The quantitative estimate of drug-likeness (QED) is 0.816. The first-order valence-corrected chi connectivity index (χ1v) is 9.53. The second kappa shape index (κ2) is 6.19. The lowest BCUT2D eigenvalue weighted by Gasteiger charge is -2.43. The molecular formula is C18H24N6O2. The van der Waals surface area contributed by atoms with Crippen LogP contribution >= 0.6 is 0 Å². The predicted molar refractivity (Wildman–Crippen MR) is 92.3 cm³/mol. The number of rotatable bonds is 4. The van der Waals surface area contributed by atoms with Gasteiger partial charge in [-0.2, -0.15) is 10.1 Å². The molecule has 3 aliphatic rings. The van der Waals surface area contributed by atoms with Crippen LogP contribution in [0, 0.1) is 6.92 Å². The number of aromatic nitrogens is 4. The van der Waals surface area contributed by atoms with Gasteiger partial charge in [0.05, 0.1) is 17.7 Å². The van der Waals surface area contributed by atoms with Crippen molar-refractivity contribution < 1.29 is 9.32 Å². The maximum Gasteiger partial charge on any atom is 0.232 e. The van der Waals surface area contributed by atoms with Crippen molar-refractivity contribution in [3.63, 3.8) is 0 Å². The number of carbonyl (C=O) groups is 1. The Labute approximate surface area is 152 Å². The third kappa shape index (κ3) is 2.82. The molecule has 2 aromatic heterocycles. The van der Waals surface area contributed by atoms with Crippen molar-refractivity contribution in [1.29, 1.82) is 0 Å². The predicted octanol–water partition coefficient (Wildman–Crippen LogP) is 1.11. The summed E-state index contributed by atoms with van der Waals surface area (Å²) in [7, 11) is 0. The fraction of sp³-hybridized carbons (Fsp3) is 0.667. The summed E-state index contributed by atoms with van der Waals surface area (Å²) in [5.74, 6) is 1.46. The standard InChI is InChI=1S/C18H24N6O2/c1-12-19-18(26-21-12)13-6-17(25)23(8-13)16-10-22(11-16)9-14-7-15-4-2-3-5-24(15)20-14/h7,13,16H,2-6,8-11H2,1H3. The minimum Gasteiger partial charge on any atom is -0.339 e. The molecule has 0 bridgehead atoms. The molecule has 0 aromatic carbocycles. The number of nitrogens with zero attached hydrogens (tertiary/aromatic N) is 6. The smallest absolute Gasteiger partial charge is 0.232 e. The molecule has 1 unspecified atom stereocenters. The van der Waals surface area contributed by atoms with Gasteiger partial charge in [0.2, 0.25) is 11.8 Å². The Morgan fingerprint density at radius 2 is 2.15 bits per heavy atom. The lowest BCUT2D eigenvalue weighted by atomic mass is 10.1. The number of hydrogen-bond donors (Lipinski definition) is 0. The summed E-state index contributed by atoms with van der Waals surface area (Å²) in [4.78, 5) is 21.1. The third-order valence-electron chi connectivity index (χ3n) is 5.78. The molecule has 0 saturated carbocycles. The lowest BCUT2D eigenvalue weighted by Crippen LogP contribution is -2.59. The monoisotopic (exact) mass is 356 g/mol. The zero-order valence-corrected chi connectivity index (χ0v) is 15.1. The maximum absolute atomic E-state index is 12.4.